The Bertz CT molecular complexity index is 1370. The minimum atomic E-state index is -0.714. The predicted octanol–water partition coefficient (Wildman–Crippen LogP) is 6.37. The minimum absolute atomic E-state index is 0.0138. The topological polar surface area (TPSA) is 98.5 Å². The molecule has 38 heavy (non-hydrogen) atoms. The second kappa shape index (κ2) is 10.2. The summed E-state index contributed by atoms with van der Waals surface area (Å²) in [5.74, 6) is -1.20. The summed E-state index contributed by atoms with van der Waals surface area (Å²) in [5, 5.41) is 15.0. The van der Waals surface area contributed by atoms with Gasteiger partial charge in [-0.25, -0.2) is 4.79 Å². The number of nitrogens with one attached hydrogen (secondary N) is 1. The molecular formula is C31H34N2O5. The number of nitrogens with zero attached hydrogens (tertiary/aromatic N) is 1. The van der Waals surface area contributed by atoms with Gasteiger partial charge in [0.05, 0.1) is 10.5 Å². The summed E-state index contributed by atoms with van der Waals surface area (Å²) < 4.78 is 5.89. The molecule has 1 saturated carbocycles. The van der Waals surface area contributed by atoms with Crippen LogP contribution in [-0.2, 0) is 14.3 Å². The first kappa shape index (κ1) is 25.9. The number of hydrogen-bond donors (Lipinski definition) is 1. The second-order valence-electron chi connectivity index (χ2n) is 11.0. The maximum atomic E-state index is 13.9. The van der Waals surface area contributed by atoms with Gasteiger partial charge in [0.1, 0.15) is 6.10 Å². The van der Waals surface area contributed by atoms with E-state index in [1.165, 1.54) is 34.4 Å². The van der Waals surface area contributed by atoms with Gasteiger partial charge in [-0.05, 0) is 88.0 Å². The Morgan fingerprint density at radius 3 is 2.37 bits per heavy atom. The van der Waals surface area contributed by atoms with Crippen molar-refractivity contribution in [2.24, 2.45) is 0 Å². The number of rotatable bonds is 5. The average molecular weight is 515 g/mol. The molecule has 1 aliphatic heterocycles. The lowest BCUT2D eigenvalue weighted by Crippen LogP contribution is -2.36. The van der Waals surface area contributed by atoms with E-state index in [2.05, 4.69) is 38.2 Å². The van der Waals surface area contributed by atoms with Crippen LogP contribution in [0.1, 0.15) is 85.1 Å². The molecule has 1 N–H and O–H groups in total. The van der Waals surface area contributed by atoms with E-state index in [0.29, 0.717) is 35.2 Å². The van der Waals surface area contributed by atoms with Crippen molar-refractivity contribution in [2.45, 2.75) is 84.2 Å². The van der Waals surface area contributed by atoms with Gasteiger partial charge in [-0.15, -0.1) is 0 Å². The number of benzene rings is 2. The summed E-state index contributed by atoms with van der Waals surface area (Å²) in [6.07, 6.45) is 4.52. The molecule has 0 spiro atoms. The molecular weight excluding hydrogens is 480 g/mol. The van der Waals surface area contributed by atoms with Crippen molar-refractivity contribution in [2.75, 3.05) is 0 Å². The standard InChI is InChI=1S/C31H34N2O5/c1-17-12-18(2)27(19(3)13-17)22-15-25-30(26(34)16-22)29(21-8-7-9-23(14-21)33(36)37)28(20(4)32-25)31(35)38-24-10-5-6-11-24/h7-9,12-14,22,24,29,32H,5-6,10-11,15-16H2,1-4H3. The highest BCUT2D eigenvalue weighted by Crippen LogP contribution is 2.47. The van der Waals surface area contributed by atoms with Crippen molar-refractivity contribution in [3.8, 4) is 0 Å². The SMILES string of the molecule is CC1=C(C(=O)OC2CCCC2)C(c2cccc([N+](=O)[O-])c2)C2=C(CC(c3c(C)cc(C)cc3C)CC2=O)N1. The highest BCUT2D eigenvalue weighted by atomic mass is 16.6. The molecule has 5 rings (SSSR count). The van der Waals surface area contributed by atoms with Crippen molar-refractivity contribution in [1.82, 2.24) is 5.32 Å². The summed E-state index contributed by atoms with van der Waals surface area (Å²) in [5.41, 5.74) is 7.52. The lowest BCUT2D eigenvalue weighted by molar-refractivity contribution is -0.384. The molecule has 0 aromatic heterocycles. The maximum Gasteiger partial charge on any atom is 0.337 e. The zero-order valence-electron chi connectivity index (χ0n) is 22.4. The quantitative estimate of drug-likeness (QED) is 0.283. The van der Waals surface area contributed by atoms with Crippen molar-refractivity contribution >= 4 is 17.4 Å². The number of hydrogen-bond acceptors (Lipinski definition) is 6. The molecule has 0 bridgehead atoms. The van der Waals surface area contributed by atoms with E-state index in [1.807, 2.05) is 6.92 Å². The normalized spacial score (nSPS) is 21.8. The molecule has 2 atom stereocenters. The van der Waals surface area contributed by atoms with Gasteiger partial charge in [0.25, 0.3) is 5.69 Å². The van der Waals surface area contributed by atoms with Gasteiger partial charge in [-0.2, -0.15) is 0 Å². The van der Waals surface area contributed by atoms with Gasteiger partial charge < -0.3 is 10.1 Å². The molecule has 198 valence electrons. The van der Waals surface area contributed by atoms with Crippen LogP contribution in [-0.4, -0.2) is 22.8 Å². The number of nitro benzene ring substituents is 1. The second-order valence-corrected chi connectivity index (χ2v) is 11.0. The van der Waals surface area contributed by atoms with Gasteiger partial charge in [0.15, 0.2) is 5.78 Å². The third-order valence-electron chi connectivity index (χ3n) is 8.18. The molecule has 1 fully saturated rings. The van der Waals surface area contributed by atoms with Crippen molar-refractivity contribution < 1.29 is 19.2 Å². The number of dihydropyridines is 1. The summed E-state index contributed by atoms with van der Waals surface area (Å²) in [4.78, 5) is 38.6. The number of esters is 1. The van der Waals surface area contributed by atoms with Crippen LogP contribution in [0.2, 0.25) is 0 Å². The molecule has 2 aromatic carbocycles. The van der Waals surface area contributed by atoms with Crippen LogP contribution in [0.4, 0.5) is 5.69 Å². The Labute approximate surface area is 223 Å². The Morgan fingerprint density at radius 1 is 1.03 bits per heavy atom. The molecule has 2 unspecified atom stereocenters. The molecule has 7 heteroatoms. The Morgan fingerprint density at radius 2 is 1.71 bits per heavy atom. The van der Waals surface area contributed by atoms with Gasteiger partial charge in [-0.3, -0.25) is 14.9 Å². The molecule has 0 radical (unpaired) electrons. The average Bonchev–Trinajstić information content (AvgIpc) is 3.35. The molecule has 2 aromatic rings. The fourth-order valence-corrected chi connectivity index (χ4v) is 6.72. The monoisotopic (exact) mass is 514 g/mol. The molecule has 1 heterocycles. The van der Waals surface area contributed by atoms with Crippen molar-refractivity contribution in [3.63, 3.8) is 0 Å². The zero-order chi connectivity index (χ0) is 27.1. The van der Waals surface area contributed by atoms with E-state index < -0.39 is 16.8 Å². The van der Waals surface area contributed by atoms with E-state index in [0.717, 1.165) is 31.4 Å². The molecule has 2 aliphatic carbocycles. The summed E-state index contributed by atoms with van der Waals surface area (Å²) in [6, 6.07) is 10.6. The van der Waals surface area contributed by atoms with E-state index in [9.17, 15) is 19.7 Å². The van der Waals surface area contributed by atoms with Crippen molar-refractivity contribution in [1.29, 1.82) is 0 Å². The third kappa shape index (κ3) is 4.77. The smallest absolute Gasteiger partial charge is 0.337 e. The Balaban J connectivity index is 1.59. The minimum Gasteiger partial charge on any atom is -0.459 e. The van der Waals surface area contributed by atoms with E-state index in [1.54, 1.807) is 12.1 Å². The Kier molecular flexibility index (Phi) is 6.95. The highest BCUT2D eigenvalue weighted by Gasteiger charge is 2.42. The van der Waals surface area contributed by atoms with Gasteiger partial charge in [0.2, 0.25) is 0 Å². The number of carbonyl (C=O) groups excluding carboxylic acids is 2. The molecule has 0 saturated heterocycles. The third-order valence-corrected chi connectivity index (χ3v) is 8.18. The fraction of sp³-hybridized carbons (Fsp3) is 0.419. The highest BCUT2D eigenvalue weighted by molar-refractivity contribution is 6.04. The number of nitro groups is 1. The number of ketones is 1. The molecule has 3 aliphatic rings. The van der Waals surface area contributed by atoms with Gasteiger partial charge in [0, 0.05) is 41.4 Å². The molecule has 0 amide bonds. The van der Waals surface area contributed by atoms with Gasteiger partial charge >= 0.3 is 5.97 Å². The van der Waals surface area contributed by atoms with Crippen LogP contribution in [0.3, 0.4) is 0 Å². The van der Waals surface area contributed by atoms with E-state index in [-0.39, 0.29) is 23.5 Å². The molecule has 7 nitrogen and oxygen atoms in total. The number of ether oxygens (including phenoxy) is 1. The largest absolute Gasteiger partial charge is 0.459 e. The van der Waals surface area contributed by atoms with E-state index >= 15 is 0 Å². The Hall–Kier alpha value is -3.74. The predicted molar refractivity (Wildman–Crippen MR) is 145 cm³/mol. The first-order valence-electron chi connectivity index (χ1n) is 13.4. The van der Waals surface area contributed by atoms with Crippen LogP contribution >= 0.6 is 0 Å². The van der Waals surface area contributed by atoms with Crippen LogP contribution in [0.15, 0.2) is 58.9 Å². The number of non-ortho nitro benzene ring substituents is 1. The van der Waals surface area contributed by atoms with Crippen molar-refractivity contribution in [3.05, 3.63) is 96.9 Å². The van der Waals surface area contributed by atoms with E-state index in [4.69, 9.17) is 4.74 Å². The zero-order valence-corrected chi connectivity index (χ0v) is 22.4. The number of Topliss-reactive ketones (excluding diaryl/α,β-unsaturated/α-hetero) is 1. The van der Waals surface area contributed by atoms with Crippen LogP contribution in [0.5, 0.6) is 0 Å². The first-order valence-corrected chi connectivity index (χ1v) is 13.4. The van der Waals surface area contributed by atoms with Crippen LogP contribution in [0.25, 0.3) is 0 Å². The fourth-order valence-electron chi connectivity index (χ4n) is 6.72. The first-order chi connectivity index (χ1) is 18.1. The summed E-state index contributed by atoms with van der Waals surface area (Å²) in [7, 11) is 0. The number of aryl methyl sites for hydroxylation is 3. The van der Waals surface area contributed by atoms with Gasteiger partial charge in [-0.1, -0.05) is 29.8 Å². The lowest BCUT2D eigenvalue weighted by atomic mass is 9.70. The number of allylic oxidation sites excluding steroid dienone is 3. The number of carbonyl (C=O) groups is 2. The van der Waals surface area contributed by atoms with Crippen LogP contribution in [0, 0.1) is 30.9 Å². The van der Waals surface area contributed by atoms with Crippen LogP contribution < -0.4 is 5.32 Å². The maximum absolute atomic E-state index is 13.9. The summed E-state index contributed by atoms with van der Waals surface area (Å²) in [6.45, 7) is 8.08. The lowest BCUT2D eigenvalue weighted by Gasteiger charge is -2.37. The summed E-state index contributed by atoms with van der Waals surface area (Å²) >= 11 is 0.